The molecular formula is C20H24F3N3O3S. The molecule has 30 heavy (non-hydrogen) atoms. The first-order valence-electron chi connectivity index (χ1n) is 9.35. The normalized spacial score (nSPS) is 12.5. The Hall–Kier alpha value is -2.75. The van der Waals surface area contributed by atoms with Crippen molar-refractivity contribution in [2.24, 2.45) is 4.99 Å². The van der Waals surface area contributed by atoms with E-state index in [4.69, 9.17) is 0 Å². The Bertz CT molecular complexity index is 933. The van der Waals surface area contributed by atoms with Crippen LogP contribution in [-0.2, 0) is 16.4 Å². The summed E-state index contributed by atoms with van der Waals surface area (Å²) < 4.78 is 66.2. The number of halogens is 3. The number of alkyl halides is 3. The first-order chi connectivity index (χ1) is 14.2. The molecular weight excluding hydrogens is 419 g/mol. The maximum absolute atomic E-state index is 12.5. The van der Waals surface area contributed by atoms with Gasteiger partial charge in [-0.15, -0.1) is 13.2 Å². The quantitative estimate of drug-likeness (QED) is 0.352. The molecule has 0 amide bonds. The third-order valence-electron chi connectivity index (χ3n) is 3.93. The van der Waals surface area contributed by atoms with E-state index in [1.807, 2.05) is 6.92 Å². The highest BCUT2D eigenvalue weighted by atomic mass is 32.2. The summed E-state index contributed by atoms with van der Waals surface area (Å²) in [7, 11) is -3.37. The van der Waals surface area contributed by atoms with E-state index in [2.05, 4.69) is 20.4 Å². The molecule has 0 aliphatic rings. The minimum atomic E-state index is -4.78. The summed E-state index contributed by atoms with van der Waals surface area (Å²) in [6.45, 7) is 2.68. The summed E-state index contributed by atoms with van der Waals surface area (Å²) in [5.74, 6) is 0.0288. The van der Waals surface area contributed by atoms with Gasteiger partial charge in [-0.1, -0.05) is 36.4 Å². The molecule has 164 valence electrons. The van der Waals surface area contributed by atoms with E-state index < -0.39 is 16.2 Å². The molecule has 0 aromatic heterocycles. The Kier molecular flexibility index (Phi) is 8.52. The maximum atomic E-state index is 12.5. The summed E-state index contributed by atoms with van der Waals surface area (Å²) in [6, 6.07) is 14.0. The Labute approximate surface area is 174 Å². The maximum Gasteiger partial charge on any atom is 0.573 e. The number of guanidine groups is 1. The van der Waals surface area contributed by atoms with Gasteiger partial charge in [-0.25, -0.2) is 13.4 Å². The summed E-state index contributed by atoms with van der Waals surface area (Å²) in [5, 5.41) is 5.97. The SMILES string of the molecule is CCNC(=NCc1ccccc1OC(F)(F)F)NCCCS(=O)(=O)c1ccccc1. The standard InChI is InChI=1S/C20H24F3N3O3S/c1-2-24-19(25-13-8-14-30(27,28)17-10-4-3-5-11-17)26-15-16-9-6-7-12-18(16)29-20(21,22)23/h3-7,9-12H,2,8,13-15H2,1H3,(H2,24,25,26). The van der Waals surface area contributed by atoms with Gasteiger partial charge in [0.15, 0.2) is 15.8 Å². The van der Waals surface area contributed by atoms with Crippen LogP contribution >= 0.6 is 0 Å². The van der Waals surface area contributed by atoms with Crippen molar-refractivity contribution >= 4 is 15.8 Å². The highest BCUT2D eigenvalue weighted by Crippen LogP contribution is 2.26. The van der Waals surface area contributed by atoms with Crippen LogP contribution in [0.3, 0.4) is 0 Å². The Morgan fingerprint density at radius 1 is 1.03 bits per heavy atom. The second-order valence-corrected chi connectivity index (χ2v) is 8.37. The fourth-order valence-electron chi connectivity index (χ4n) is 2.58. The minimum absolute atomic E-state index is 0.0360. The smallest absolute Gasteiger partial charge is 0.405 e. The summed E-state index contributed by atoms with van der Waals surface area (Å²) >= 11 is 0. The molecule has 0 saturated carbocycles. The second-order valence-electron chi connectivity index (χ2n) is 6.26. The number of hydrogen-bond donors (Lipinski definition) is 2. The van der Waals surface area contributed by atoms with Crippen molar-refractivity contribution in [3.63, 3.8) is 0 Å². The van der Waals surface area contributed by atoms with Crippen LogP contribution in [0.2, 0.25) is 0 Å². The number of aliphatic imine (C=N–C) groups is 1. The topological polar surface area (TPSA) is 79.8 Å². The van der Waals surface area contributed by atoms with Gasteiger partial charge in [-0.2, -0.15) is 0 Å². The average Bonchev–Trinajstić information content (AvgIpc) is 2.70. The van der Waals surface area contributed by atoms with Crippen molar-refractivity contribution in [1.29, 1.82) is 0 Å². The van der Waals surface area contributed by atoms with E-state index in [0.717, 1.165) is 0 Å². The van der Waals surface area contributed by atoms with Crippen molar-refractivity contribution in [3.05, 3.63) is 60.2 Å². The van der Waals surface area contributed by atoms with Crippen molar-refractivity contribution in [2.75, 3.05) is 18.8 Å². The van der Waals surface area contributed by atoms with Crippen molar-refractivity contribution in [2.45, 2.75) is 31.1 Å². The van der Waals surface area contributed by atoms with E-state index in [0.29, 0.717) is 25.5 Å². The van der Waals surface area contributed by atoms with Gasteiger partial charge < -0.3 is 15.4 Å². The third-order valence-corrected chi connectivity index (χ3v) is 5.75. The number of benzene rings is 2. The first kappa shape index (κ1) is 23.5. The van der Waals surface area contributed by atoms with Crippen LogP contribution in [0.4, 0.5) is 13.2 Å². The van der Waals surface area contributed by atoms with Gasteiger partial charge in [-0.05, 0) is 31.5 Å². The number of para-hydroxylation sites is 1. The first-order valence-corrected chi connectivity index (χ1v) is 11.0. The lowest BCUT2D eigenvalue weighted by Crippen LogP contribution is -2.38. The summed E-state index contributed by atoms with van der Waals surface area (Å²) in [4.78, 5) is 4.53. The molecule has 2 aromatic carbocycles. The van der Waals surface area contributed by atoms with Crippen molar-refractivity contribution in [1.82, 2.24) is 10.6 Å². The van der Waals surface area contributed by atoms with Gasteiger partial charge in [0.05, 0.1) is 17.2 Å². The Morgan fingerprint density at radius 3 is 2.37 bits per heavy atom. The van der Waals surface area contributed by atoms with Gasteiger partial charge in [-0.3, -0.25) is 0 Å². The molecule has 0 aliphatic heterocycles. The zero-order chi connectivity index (χ0) is 22.0. The molecule has 2 aromatic rings. The highest BCUT2D eigenvalue weighted by molar-refractivity contribution is 7.91. The van der Waals surface area contributed by atoms with Crippen LogP contribution in [0.25, 0.3) is 0 Å². The fraction of sp³-hybridized carbons (Fsp3) is 0.350. The van der Waals surface area contributed by atoms with Gasteiger partial charge in [0.1, 0.15) is 5.75 Å². The average molecular weight is 443 g/mol. The van der Waals surface area contributed by atoms with E-state index in [1.54, 1.807) is 36.4 Å². The number of rotatable bonds is 9. The van der Waals surface area contributed by atoms with Gasteiger partial charge in [0, 0.05) is 18.7 Å². The number of nitrogens with one attached hydrogen (secondary N) is 2. The molecule has 0 aliphatic carbocycles. The zero-order valence-electron chi connectivity index (χ0n) is 16.4. The van der Waals surface area contributed by atoms with Crippen LogP contribution < -0.4 is 15.4 Å². The second kappa shape index (κ2) is 10.9. The molecule has 0 unspecified atom stereocenters. The van der Waals surface area contributed by atoms with Crippen LogP contribution in [0, 0.1) is 0 Å². The van der Waals surface area contributed by atoms with E-state index in [1.165, 1.54) is 18.2 Å². The van der Waals surface area contributed by atoms with Crippen molar-refractivity contribution < 1.29 is 26.3 Å². The molecule has 0 heterocycles. The summed E-state index contributed by atoms with van der Waals surface area (Å²) in [6.07, 6.45) is -4.44. The molecule has 6 nitrogen and oxygen atoms in total. The van der Waals surface area contributed by atoms with Crippen LogP contribution in [0.5, 0.6) is 5.75 Å². The van der Waals surface area contributed by atoms with Crippen LogP contribution in [-0.4, -0.2) is 39.6 Å². The molecule has 0 radical (unpaired) electrons. The highest BCUT2D eigenvalue weighted by Gasteiger charge is 2.31. The molecule has 0 saturated heterocycles. The largest absolute Gasteiger partial charge is 0.573 e. The molecule has 0 spiro atoms. The van der Waals surface area contributed by atoms with E-state index in [9.17, 15) is 21.6 Å². The molecule has 0 fully saturated rings. The number of ether oxygens (including phenoxy) is 1. The van der Waals surface area contributed by atoms with Crippen LogP contribution in [0.1, 0.15) is 18.9 Å². The predicted molar refractivity (Wildman–Crippen MR) is 109 cm³/mol. The molecule has 0 atom stereocenters. The fourth-order valence-corrected chi connectivity index (χ4v) is 3.91. The Balaban J connectivity index is 1.94. The zero-order valence-corrected chi connectivity index (χ0v) is 17.3. The monoisotopic (exact) mass is 443 g/mol. The number of nitrogens with zero attached hydrogens (tertiary/aromatic N) is 1. The van der Waals surface area contributed by atoms with E-state index in [-0.39, 0.29) is 28.5 Å². The van der Waals surface area contributed by atoms with E-state index >= 15 is 0 Å². The molecule has 10 heteroatoms. The molecule has 0 bridgehead atoms. The molecule has 2 rings (SSSR count). The van der Waals surface area contributed by atoms with Gasteiger partial charge in [0.25, 0.3) is 0 Å². The lowest BCUT2D eigenvalue weighted by Gasteiger charge is -2.14. The lowest BCUT2D eigenvalue weighted by molar-refractivity contribution is -0.274. The number of sulfone groups is 1. The van der Waals surface area contributed by atoms with Crippen LogP contribution in [0.15, 0.2) is 64.5 Å². The molecule has 2 N–H and O–H groups in total. The summed E-state index contributed by atoms with van der Waals surface area (Å²) in [5.41, 5.74) is 0.277. The predicted octanol–water partition coefficient (Wildman–Crippen LogP) is 3.50. The third kappa shape index (κ3) is 7.94. The van der Waals surface area contributed by atoms with Gasteiger partial charge >= 0.3 is 6.36 Å². The minimum Gasteiger partial charge on any atom is -0.405 e. The lowest BCUT2D eigenvalue weighted by atomic mass is 10.2. The number of hydrogen-bond acceptors (Lipinski definition) is 4. The van der Waals surface area contributed by atoms with Crippen molar-refractivity contribution in [3.8, 4) is 5.75 Å². The van der Waals surface area contributed by atoms with Gasteiger partial charge in [0.2, 0.25) is 0 Å². The Morgan fingerprint density at radius 2 is 1.70 bits per heavy atom.